The van der Waals surface area contributed by atoms with Gasteiger partial charge in [-0.3, -0.25) is 4.98 Å². The van der Waals surface area contributed by atoms with E-state index in [2.05, 4.69) is 20.3 Å². The number of ether oxygens (including phenoxy) is 1. The minimum absolute atomic E-state index is 0.0144. The van der Waals surface area contributed by atoms with Crippen molar-refractivity contribution in [3.05, 3.63) is 77.3 Å². The summed E-state index contributed by atoms with van der Waals surface area (Å²) in [6.45, 7) is 2.05. The van der Waals surface area contributed by atoms with Crippen LogP contribution in [0.2, 0.25) is 0 Å². The second kappa shape index (κ2) is 9.16. The Bertz CT molecular complexity index is 923. The summed E-state index contributed by atoms with van der Waals surface area (Å²) in [5.41, 5.74) is 0.384. The standard InChI is InChI=1S/C20H19F3N4O/c1-13-25-12-17(28-10-8-15-6-2-3-9-24-15)20(27-13)26-11-14-5-4-7-16(18(14)21)19(22)23/h2-7,9,12,19H,8,10-11H2,1H3,(H,25,26,27). The molecular weight excluding hydrogens is 369 g/mol. The summed E-state index contributed by atoms with van der Waals surface area (Å²) in [5.74, 6) is 0.345. The van der Waals surface area contributed by atoms with Crippen molar-refractivity contribution >= 4 is 5.82 Å². The molecule has 5 nitrogen and oxygen atoms in total. The van der Waals surface area contributed by atoms with E-state index in [4.69, 9.17) is 4.74 Å². The van der Waals surface area contributed by atoms with E-state index in [9.17, 15) is 13.2 Å². The fraction of sp³-hybridized carbons (Fsp3) is 0.250. The van der Waals surface area contributed by atoms with Gasteiger partial charge in [0.15, 0.2) is 11.6 Å². The molecule has 0 amide bonds. The van der Waals surface area contributed by atoms with Crippen molar-refractivity contribution in [2.45, 2.75) is 26.3 Å². The van der Waals surface area contributed by atoms with Gasteiger partial charge in [-0.05, 0) is 19.1 Å². The van der Waals surface area contributed by atoms with Gasteiger partial charge in [-0.1, -0.05) is 24.3 Å². The number of hydrogen-bond donors (Lipinski definition) is 1. The Morgan fingerprint density at radius 3 is 2.71 bits per heavy atom. The first-order valence-electron chi connectivity index (χ1n) is 8.70. The van der Waals surface area contributed by atoms with Gasteiger partial charge >= 0.3 is 0 Å². The zero-order valence-corrected chi connectivity index (χ0v) is 15.2. The number of nitrogens with zero attached hydrogens (tertiary/aromatic N) is 3. The Morgan fingerprint density at radius 1 is 1.11 bits per heavy atom. The maximum absolute atomic E-state index is 14.2. The first-order valence-corrected chi connectivity index (χ1v) is 8.70. The Hall–Kier alpha value is -3.16. The van der Waals surface area contributed by atoms with Gasteiger partial charge in [0, 0.05) is 30.4 Å². The third-order valence-electron chi connectivity index (χ3n) is 4.01. The monoisotopic (exact) mass is 388 g/mol. The molecule has 0 radical (unpaired) electrons. The van der Waals surface area contributed by atoms with Gasteiger partial charge in [-0.25, -0.2) is 23.1 Å². The van der Waals surface area contributed by atoms with E-state index in [0.717, 1.165) is 11.8 Å². The molecule has 2 aromatic heterocycles. The van der Waals surface area contributed by atoms with Crippen LogP contribution < -0.4 is 10.1 Å². The summed E-state index contributed by atoms with van der Waals surface area (Å²) in [5, 5.41) is 2.95. The third kappa shape index (κ3) is 4.97. The van der Waals surface area contributed by atoms with Crippen LogP contribution in [0.1, 0.15) is 29.1 Å². The zero-order chi connectivity index (χ0) is 19.9. The van der Waals surface area contributed by atoms with Crippen molar-refractivity contribution in [2.24, 2.45) is 0 Å². The predicted octanol–water partition coefficient (Wildman–Crippen LogP) is 4.49. The van der Waals surface area contributed by atoms with E-state index in [0.29, 0.717) is 30.4 Å². The summed E-state index contributed by atoms with van der Waals surface area (Å²) in [7, 11) is 0. The third-order valence-corrected chi connectivity index (χ3v) is 4.01. The number of rotatable bonds is 8. The maximum Gasteiger partial charge on any atom is 0.266 e. The normalized spacial score (nSPS) is 10.9. The first-order chi connectivity index (χ1) is 13.5. The molecule has 2 heterocycles. The van der Waals surface area contributed by atoms with E-state index in [1.807, 2.05) is 18.2 Å². The molecule has 0 spiro atoms. The van der Waals surface area contributed by atoms with Crippen LogP contribution in [0.5, 0.6) is 5.75 Å². The van der Waals surface area contributed by atoms with Crippen molar-refractivity contribution in [3.8, 4) is 5.75 Å². The van der Waals surface area contributed by atoms with Crippen LogP contribution in [0.25, 0.3) is 0 Å². The highest BCUT2D eigenvalue weighted by Crippen LogP contribution is 2.26. The Labute approximate surface area is 160 Å². The number of nitrogens with one attached hydrogen (secondary N) is 1. The SMILES string of the molecule is Cc1ncc(OCCc2ccccn2)c(NCc2cccc(C(F)F)c2F)n1. The quantitative estimate of drug-likeness (QED) is 0.616. The largest absolute Gasteiger partial charge is 0.488 e. The second-order valence-corrected chi connectivity index (χ2v) is 6.02. The topological polar surface area (TPSA) is 59.9 Å². The van der Waals surface area contributed by atoms with Gasteiger partial charge in [0.25, 0.3) is 6.43 Å². The minimum Gasteiger partial charge on any atom is -0.488 e. The van der Waals surface area contributed by atoms with Crippen LogP contribution in [0.15, 0.2) is 48.8 Å². The van der Waals surface area contributed by atoms with E-state index in [1.54, 1.807) is 13.1 Å². The highest BCUT2D eigenvalue weighted by Gasteiger charge is 2.16. The molecule has 0 aliphatic rings. The number of alkyl halides is 2. The van der Waals surface area contributed by atoms with Crippen molar-refractivity contribution in [2.75, 3.05) is 11.9 Å². The van der Waals surface area contributed by atoms with Crippen molar-refractivity contribution in [1.82, 2.24) is 15.0 Å². The molecule has 1 aromatic carbocycles. The van der Waals surface area contributed by atoms with E-state index >= 15 is 0 Å². The highest BCUT2D eigenvalue weighted by molar-refractivity contribution is 5.49. The van der Waals surface area contributed by atoms with Gasteiger partial charge in [0.1, 0.15) is 11.6 Å². The fourth-order valence-corrected chi connectivity index (χ4v) is 2.59. The number of hydrogen-bond acceptors (Lipinski definition) is 5. The number of benzene rings is 1. The number of anilines is 1. The van der Waals surface area contributed by atoms with Crippen LogP contribution in [0.3, 0.4) is 0 Å². The molecule has 0 bridgehead atoms. The van der Waals surface area contributed by atoms with Crippen LogP contribution >= 0.6 is 0 Å². The Kier molecular flexibility index (Phi) is 6.41. The summed E-state index contributed by atoms with van der Waals surface area (Å²) >= 11 is 0. The lowest BCUT2D eigenvalue weighted by Gasteiger charge is -2.13. The van der Waals surface area contributed by atoms with E-state index < -0.39 is 17.8 Å². The molecule has 1 N–H and O–H groups in total. The maximum atomic E-state index is 14.2. The van der Waals surface area contributed by atoms with Gasteiger partial charge < -0.3 is 10.1 Å². The van der Waals surface area contributed by atoms with Crippen LogP contribution in [-0.4, -0.2) is 21.6 Å². The second-order valence-electron chi connectivity index (χ2n) is 6.02. The summed E-state index contributed by atoms with van der Waals surface area (Å²) in [6, 6.07) is 9.55. The summed E-state index contributed by atoms with van der Waals surface area (Å²) < 4.78 is 45.7. The molecule has 28 heavy (non-hydrogen) atoms. The van der Waals surface area contributed by atoms with Gasteiger partial charge in [0.2, 0.25) is 0 Å². The van der Waals surface area contributed by atoms with Crippen molar-refractivity contribution in [1.29, 1.82) is 0 Å². The van der Waals surface area contributed by atoms with E-state index in [-0.39, 0.29) is 12.1 Å². The van der Waals surface area contributed by atoms with E-state index in [1.165, 1.54) is 18.3 Å². The number of aromatic nitrogens is 3. The molecule has 146 valence electrons. The highest BCUT2D eigenvalue weighted by atomic mass is 19.3. The minimum atomic E-state index is -2.87. The van der Waals surface area contributed by atoms with Gasteiger partial charge in [0.05, 0.1) is 18.4 Å². The lowest BCUT2D eigenvalue weighted by Crippen LogP contribution is -2.10. The summed E-state index contributed by atoms with van der Waals surface area (Å²) in [6.07, 6.45) is 0.958. The van der Waals surface area contributed by atoms with Crippen molar-refractivity contribution < 1.29 is 17.9 Å². The zero-order valence-electron chi connectivity index (χ0n) is 15.2. The molecule has 0 saturated carbocycles. The molecule has 0 saturated heterocycles. The number of aryl methyl sites for hydroxylation is 1. The number of pyridine rings is 1. The lowest BCUT2D eigenvalue weighted by atomic mass is 10.1. The predicted molar refractivity (Wildman–Crippen MR) is 98.9 cm³/mol. The Morgan fingerprint density at radius 2 is 1.96 bits per heavy atom. The smallest absolute Gasteiger partial charge is 0.266 e. The average Bonchev–Trinajstić information content (AvgIpc) is 2.69. The van der Waals surface area contributed by atoms with Crippen LogP contribution in [-0.2, 0) is 13.0 Å². The molecule has 0 aliphatic heterocycles. The first kappa shape index (κ1) is 19.6. The molecule has 0 aliphatic carbocycles. The molecule has 0 atom stereocenters. The molecule has 8 heteroatoms. The molecule has 3 aromatic rings. The average molecular weight is 388 g/mol. The Balaban J connectivity index is 1.68. The summed E-state index contributed by atoms with van der Waals surface area (Å²) in [4.78, 5) is 12.6. The van der Waals surface area contributed by atoms with Crippen LogP contribution in [0, 0.1) is 12.7 Å². The molecule has 3 rings (SSSR count). The fourth-order valence-electron chi connectivity index (χ4n) is 2.59. The number of halogens is 3. The lowest BCUT2D eigenvalue weighted by molar-refractivity contribution is 0.146. The van der Waals surface area contributed by atoms with Crippen molar-refractivity contribution in [3.63, 3.8) is 0 Å². The molecule has 0 unspecified atom stereocenters. The van der Waals surface area contributed by atoms with Gasteiger partial charge in [-0.15, -0.1) is 0 Å². The molecular formula is C20H19F3N4O. The molecule has 0 fully saturated rings. The van der Waals surface area contributed by atoms with Crippen LogP contribution in [0.4, 0.5) is 19.0 Å². The van der Waals surface area contributed by atoms with Gasteiger partial charge in [-0.2, -0.15) is 0 Å².